The number of anilines is 1. The molecule has 0 radical (unpaired) electrons. The summed E-state index contributed by atoms with van der Waals surface area (Å²) in [4.78, 5) is 12.7. The summed E-state index contributed by atoms with van der Waals surface area (Å²) in [6.45, 7) is 4.47. The van der Waals surface area contributed by atoms with Gasteiger partial charge in [-0.3, -0.25) is 15.2 Å². The Morgan fingerprint density at radius 1 is 1.18 bits per heavy atom. The minimum Gasteiger partial charge on any atom is -0.495 e. The van der Waals surface area contributed by atoms with Gasteiger partial charge >= 0.3 is 0 Å². The first-order chi connectivity index (χ1) is 13.3. The lowest BCUT2D eigenvalue weighted by molar-refractivity contribution is 0.0949. The second-order valence-electron chi connectivity index (χ2n) is 6.78. The lowest BCUT2D eigenvalue weighted by Crippen LogP contribution is -2.42. The molecule has 1 fully saturated rings. The highest BCUT2D eigenvalue weighted by molar-refractivity contribution is 7.89. The van der Waals surface area contributed by atoms with Gasteiger partial charge in [-0.15, -0.1) is 0 Å². The molecule has 0 unspecified atom stereocenters. The summed E-state index contributed by atoms with van der Waals surface area (Å²) < 4.78 is 33.1. The summed E-state index contributed by atoms with van der Waals surface area (Å²) in [6, 6.07) is 12.1. The van der Waals surface area contributed by atoms with Crippen LogP contribution in [-0.4, -0.2) is 34.0 Å². The Bertz CT molecular complexity index is 954. The number of nitrogens with one attached hydrogen (secondary N) is 2. The molecule has 8 heteroatoms. The summed E-state index contributed by atoms with van der Waals surface area (Å²) in [5.74, 6) is -0.191. The molecule has 0 aliphatic heterocycles. The van der Waals surface area contributed by atoms with E-state index < -0.39 is 15.9 Å². The van der Waals surface area contributed by atoms with Crippen molar-refractivity contribution < 1.29 is 17.9 Å². The summed E-state index contributed by atoms with van der Waals surface area (Å²) >= 11 is 0. The molecule has 0 heterocycles. The lowest BCUT2D eigenvalue weighted by atomic mass is 10.2. The Kier molecular flexibility index (Phi) is 5.90. The van der Waals surface area contributed by atoms with Crippen LogP contribution < -0.4 is 19.9 Å². The van der Waals surface area contributed by atoms with Gasteiger partial charge in [0.2, 0.25) is 10.0 Å². The predicted octanol–water partition coefficient (Wildman–Crippen LogP) is 2.62. The lowest BCUT2D eigenvalue weighted by Gasteiger charge is -2.24. The van der Waals surface area contributed by atoms with E-state index in [0.29, 0.717) is 6.54 Å². The number of rotatable bonds is 8. The second kappa shape index (κ2) is 8.20. The van der Waals surface area contributed by atoms with E-state index in [0.717, 1.165) is 24.1 Å². The fraction of sp³-hybridized carbons (Fsp3) is 0.350. The van der Waals surface area contributed by atoms with Gasteiger partial charge in [0.1, 0.15) is 10.6 Å². The maximum Gasteiger partial charge on any atom is 0.269 e. The molecule has 0 bridgehead atoms. The monoisotopic (exact) mass is 403 g/mol. The van der Waals surface area contributed by atoms with Gasteiger partial charge < -0.3 is 4.74 Å². The number of benzene rings is 2. The molecule has 2 N–H and O–H groups in total. The van der Waals surface area contributed by atoms with Crippen LogP contribution in [0.25, 0.3) is 0 Å². The molecule has 28 heavy (non-hydrogen) atoms. The zero-order chi connectivity index (χ0) is 20.3. The standard InChI is InChI=1S/C20H25N3O4S/c1-4-23(17-10-5-14(2)6-11-17)21-20(24)15-7-12-18(27-3)19(13-15)28(25,26)22-16-8-9-16/h5-7,10-13,16,22H,4,8-9H2,1-3H3,(H,21,24). The molecule has 3 rings (SSSR count). The number of amides is 1. The van der Waals surface area contributed by atoms with Crippen molar-refractivity contribution in [3.05, 3.63) is 53.6 Å². The van der Waals surface area contributed by atoms with Crippen LogP contribution in [0.5, 0.6) is 5.75 Å². The number of hydrazine groups is 1. The number of hydrogen-bond acceptors (Lipinski definition) is 5. The number of methoxy groups -OCH3 is 1. The van der Waals surface area contributed by atoms with E-state index in [9.17, 15) is 13.2 Å². The molecule has 150 valence electrons. The highest BCUT2D eigenvalue weighted by atomic mass is 32.2. The van der Waals surface area contributed by atoms with Crippen molar-refractivity contribution in [2.75, 3.05) is 18.7 Å². The molecule has 1 amide bonds. The highest BCUT2D eigenvalue weighted by Crippen LogP contribution is 2.28. The van der Waals surface area contributed by atoms with E-state index >= 15 is 0 Å². The number of sulfonamides is 1. The first kappa shape index (κ1) is 20.2. The van der Waals surface area contributed by atoms with Crippen molar-refractivity contribution in [1.29, 1.82) is 0 Å². The molecule has 1 aliphatic rings. The fourth-order valence-electron chi connectivity index (χ4n) is 2.75. The Morgan fingerprint density at radius 3 is 2.43 bits per heavy atom. The van der Waals surface area contributed by atoms with Gasteiger partial charge in [0.15, 0.2) is 0 Å². The molecule has 2 aromatic carbocycles. The summed E-state index contributed by atoms with van der Waals surface area (Å²) in [5.41, 5.74) is 5.03. The molecule has 0 spiro atoms. The van der Waals surface area contributed by atoms with Crippen LogP contribution in [0.1, 0.15) is 35.7 Å². The van der Waals surface area contributed by atoms with E-state index in [-0.39, 0.29) is 22.3 Å². The normalized spacial score (nSPS) is 13.8. The molecular formula is C20H25N3O4S. The van der Waals surface area contributed by atoms with Crippen LogP contribution in [-0.2, 0) is 10.0 Å². The van der Waals surface area contributed by atoms with Gasteiger partial charge in [-0.25, -0.2) is 13.1 Å². The first-order valence-corrected chi connectivity index (χ1v) is 10.7. The molecular weight excluding hydrogens is 378 g/mol. The second-order valence-corrected chi connectivity index (χ2v) is 8.46. The van der Waals surface area contributed by atoms with Crippen molar-refractivity contribution in [2.24, 2.45) is 0 Å². The zero-order valence-corrected chi connectivity index (χ0v) is 17.0. The number of hydrogen-bond donors (Lipinski definition) is 2. The van der Waals surface area contributed by atoms with Crippen LogP contribution >= 0.6 is 0 Å². The van der Waals surface area contributed by atoms with Gasteiger partial charge in [-0.2, -0.15) is 0 Å². The van der Waals surface area contributed by atoms with Crippen molar-refractivity contribution in [2.45, 2.75) is 37.6 Å². The summed E-state index contributed by atoms with van der Waals surface area (Å²) in [6.07, 6.45) is 1.65. The number of carbonyl (C=O) groups excluding carboxylic acids is 1. The topological polar surface area (TPSA) is 87.7 Å². The molecule has 7 nitrogen and oxygen atoms in total. The molecule has 0 aromatic heterocycles. The molecule has 0 atom stereocenters. The quantitative estimate of drug-likeness (QED) is 0.662. The van der Waals surface area contributed by atoms with Gasteiger partial charge in [-0.05, 0) is 57.0 Å². The third kappa shape index (κ3) is 4.63. The fourth-order valence-corrected chi connectivity index (χ4v) is 4.25. The van der Waals surface area contributed by atoms with E-state index in [2.05, 4.69) is 10.1 Å². The minimum atomic E-state index is -3.76. The Morgan fingerprint density at radius 2 is 1.86 bits per heavy atom. The Balaban J connectivity index is 1.84. The smallest absolute Gasteiger partial charge is 0.269 e. The summed E-state index contributed by atoms with van der Waals surface area (Å²) in [7, 11) is -2.35. The number of carbonyl (C=O) groups is 1. The molecule has 1 aliphatic carbocycles. The van der Waals surface area contributed by atoms with Crippen molar-refractivity contribution in [3.8, 4) is 5.75 Å². The predicted molar refractivity (Wildman–Crippen MR) is 108 cm³/mol. The molecule has 2 aromatic rings. The van der Waals surface area contributed by atoms with Crippen LogP contribution in [0.3, 0.4) is 0 Å². The van der Waals surface area contributed by atoms with Crippen LogP contribution in [0.15, 0.2) is 47.4 Å². The molecule has 0 saturated heterocycles. The molecule has 1 saturated carbocycles. The average Bonchev–Trinajstić information content (AvgIpc) is 3.49. The third-order valence-electron chi connectivity index (χ3n) is 4.51. The highest BCUT2D eigenvalue weighted by Gasteiger charge is 2.30. The number of ether oxygens (including phenoxy) is 1. The van der Waals surface area contributed by atoms with Gasteiger partial charge in [-0.1, -0.05) is 17.7 Å². The number of aryl methyl sites for hydroxylation is 1. The van der Waals surface area contributed by atoms with Gasteiger partial charge in [0, 0.05) is 18.2 Å². The van der Waals surface area contributed by atoms with E-state index in [1.54, 1.807) is 11.1 Å². The number of nitrogens with zero attached hydrogens (tertiary/aromatic N) is 1. The van der Waals surface area contributed by atoms with Crippen molar-refractivity contribution in [3.63, 3.8) is 0 Å². The minimum absolute atomic E-state index is 0.0343. The van der Waals surface area contributed by atoms with Gasteiger partial charge in [0.05, 0.1) is 12.8 Å². The maximum absolute atomic E-state index is 12.8. The SMILES string of the molecule is CCN(NC(=O)c1ccc(OC)c(S(=O)(=O)NC2CC2)c1)c1ccc(C)cc1. The van der Waals surface area contributed by atoms with E-state index in [1.807, 2.05) is 38.1 Å². The summed E-state index contributed by atoms with van der Waals surface area (Å²) in [5, 5.41) is 1.71. The Hall–Kier alpha value is -2.58. The van der Waals surface area contributed by atoms with E-state index in [1.165, 1.54) is 19.2 Å². The van der Waals surface area contributed by atoms with E-state index in [4.69, 9.17) is 4.74 Å². The Labute approximate surface area is 165 Å². The first-order valence-electron chi connectivity index (χ1n) is 9.19. The largest absolute Gasteiger partial charge is 0.495 e. The van der Waals surface area contributed by atoms with Crippen LogP contribution in [0.2, 0.25) is 0 Å². The van der Waals surface area contributed by atoms with Crippen LogP contribution in [0, 0.1) is 6.92 Å². The zero-order valence-electron chi connectivity index (χ0n) is 16.2. The van der Waals surface area contributed by atoms with Crippen molar-refractivity contribution >= 4 is 21.6 Å². The maximum atomic E-state index is 12.8. The third-order valence-corrected chi connectivity index (χ3v) is 6.05. The van der Waals surface area contributed by atoms with Crippen LogP contribution in [0.4, 0.5) is 5.69 Å². The van der Waals surface area contributed by atoms with Gasteiger partial charge in [0.25, 0.3) is 5.91 Å². The van der Waals surface area contributed by atoms with Crippen molar-refractivity contribution in [1.82, 2.24) is 10.1 Å². The average molecular weight is 404 g/mol.